The van der Waals surface area contributed by atoms with E-state index in [4.69, 9.17) is 11.6 Å². The van der Waals surface area contributed by atoms with Gasteiger partial charge in [-0.05, 0) is 42.7 Å². The molecule has 0 atom stereocenters. The van der Waals surface area contributed by atoms with Crippen molar-refractivity contribution in [3.8, 4) is 0 Å². The van der Waals surface area contributed by atoms with Gasteiger partial charge in [-0.15, -0.1) is 11.6 Å². The summed E-state index contributed by atoms with van der Waals surface area (Å²) >= 11 is 6.04. The SMILES string of the molecule is Cc1ccc(N2CCc3ccc(F)cc32)c(CCl)c1. The zero-order valence-corrected chi connectivity index (χ0v) is 11.5. The van der Waals surface area contributed by atoms with Gasteiger partial charge in [0.25, 0.3) is 0 Å². The van der Waals surface area contributed by atoms with Crippen LogP contribution in [0.25, 0.3) is 0 Å². The Morgan fingerprint density at radius 3 is 2.79 bits per heavy atom. The van der Waals surface area contributed by atoms with Gasteiger partial charge in [-0.2, -0.15) is 0 Å². The van der Waals surface area contributed by atoms with Crippen molar-refractivity contribution < 1.29 is 4.39 Å². The molecule has 0 unspecified atom stereocenters. The van der Waals surface area contributed by atoms with Crippen molar-refractivity contribution in [3.63, 3.8) is 0 Å². The first-order chi connectivity index (χ1) is 9.19. The lowest BCUT2D eigenvalue weighted by molar-refractivity contribution is 0.628. The number of halogens is 2. The normalized spacial score (nSPS) is 13.7. The molecule has 1 heterocycles. The highest BCUT2D eigenvalue weighted by Gasteiger charge is 2.22. The Kier molecular flexibility index (Phi) is 3.19. The van der Waals surface area contributed by atoms with Gasteiger partial charge in [-0.1, -0.05) is 23.8 Å². The predicted molar refractivity (Wildman–Crippen MR) is 77.8 cm³/mol. The summed E-state index contributed by atoms with van der Waals surface area (Å²) in [6.07, 6.45) is 0.950. The molecule has 3 rings (SSSR count). The molecule has 1 aliphatic heterocycles. The summed E-state index contributed by atoms with van der Waals surface area (Å²) in [6, 6.07) is 11.3. The van der Waals surface area contributed by atoms with Gasteiger partial charge in [-0.3, -0.25) is 0 Å². The molecule has 0 saturated carbocycles. The molecule has 19 heavy (non-hydrogen) atoms. The summed E-state index contributed by atoms with van der Waals surface area (Å²) in [5, 5.41) is 0. The van der Waals surface area contributed by atoms with E-state index >= 15 is 0 Å². The highest BCUT2D eigenvalue weighted by Crippen LogP contribution is 2.37. The molecule has 0 amide bonds. The highest BCUT2D eigenvalue weighted by atomic mass is 35.5. The first-order valence-corrected chi connectivity index (χ1v) is 6.94. The van der Waals surface area contributed by atoms with E-state index in [0.29, 0.717) is 5.88 Å². The predicted octanol–water partition coefficient (Wildman–Crippen LogP) is 4.57. The number of alkyl halides is 1. The van der Waals surface area contributed by atoms with Crippen molar-refractivity contribution in [3.05, 3.63) is 58.9 Å². The van der Waals surface area contributed by atoms with Crippen LogP contribution in [0.1, 0.15) is 16.7 Å². The number of benzene rings is 2. The first kappa shape index (κ1) is 12.5. The maximum Gasteiger partial charge on any atom is 0.125 e. The molecule has 0 radical (unpaired) electrons. The molecule has 1 nitrogen and oxygen atoms in total. The van der Waals surface area contributed by atoms with Crippen LogP contribution in [0, 0.1) is 12.7 Å². The molecule has 98 valence electrons. The number of fused-ring (bicyclic) bond motifs is 1. The third-order valence-electron chi connectivity index (χ3n) is 3.61. The molecule has 2 aromatic carbocycles. The van der Waals surface area contributed by atoms with Crippen LogP contribution in [0.3, 0.4) is 0 Å². The fourth-order valence-corrected chi connectivity index (χ4v) is 2.90. The Hall–Kier alpha value is -1.54. The lowest BCUT2D eigenvalue weighted by Gasteiger charge is -2.22. The molecule has 2 aromatic rings. The number of aryl methyl sites for hydroxylation is 1. The molecule has 0 spiro atoms. The smallest absolute Gasteiger partial charge is 0.125 e. The third kappa shape index (κ3) is 2.21. The zero-order chi connectivity index (χ0) is 13.4. The van der Waals surface area contributed by atoms with Crippen LogP contribution in [0.2, 0.25) is 0 Å². The lowest BCUT2D eigenvalue weighted by atomic mass is 10.1. The van der Waals surface area contributed by atoms with Crippen molar-refractivity contribution in [2.24, 2.45) is 0 Å². The number of rotatable bonds is 2. The van der Waals surface area contributed by atoms with E-state index in [-0.39, 0.29) is 5.82 Å². The summed E-state index contributed by atoms with van der Waals surface area (Å²) in [5.41, 5.74) is 5.54. The van der Waals surface area contributed by atoms with Gasteiger partial charge in [0.2, 0.25) is 0 Å². The van der Waals surface area contributed by atoms with Crippen LogP contribution in [0.5, 0.6) is 0 Å². The summed E-state index contributed by atoms with van der Waals surface area (Å²) < 4.78 is 13.4. The molecule has 1 aliphatic rings. The summed E-state index contributed by atoms with van der Waals surface area (Å²) in [5.74, 6) is 0.281. The van der Waals surface area contributed by atoms with Gasteiger partial charge in [0, 0.05) is 23.8 Å². The summed E-state index contributed by atoms with van der Waals surface area (Å²) in [7, 11) is 0. The largest absolute Gasteiger partial charge is 0.341 e. The van der Waals surface area contributed by atoms with Gasteiger partial charge in [-0.25, -0.2) is 4.39 Å². The van der Waals surface area contributed by atoms with E-state index in [2.05, 4.69) is 30.0 Å². The molecule has 0 N–H and O–H groups in total. The maximum atomic E-state index is 13.4. The summed E-state index contributed by atoms with van der Waals surface area (Å²) in [6.45, 7) is 2.93. The highest BCUT2D eigenvalue weighted by molar-refractivity contribution is 6.17. The maximum absolute atomic E-state index is 13.4. The van der Waals surface area contributed by atoms with E-state index in [1.54, 1.807) is 6.07 Å². The average molecular weight is 276 g/mol. The van der Waals surface area contributed by atoms with E-state index in [1.807, 2.05) is 6.07 Å². The van der Waals surface area contributed by atoms with Crippen molar-refractivity contribution in [2.75, 3.05) is 11.4 Å². The Balaban J connectivity index is 2.08. The van der Waals surface area contributed by atoms with Crippen LogP contribution >= 0.6 is 11.6 Å². The van der Waals surface area contributed by atoms with Crippen LogP contribution in [-0.2, 0) is 12.3 Å². The van der Waals surface area contributed by atoms with E-state index in [9.17, 15) is 4.39 Å². The third-order valence-corrected chi connectivity index (χ3v) is 3.90. The molecule has 3 heteroatoms. The number of hydrogen-bond donors (Lipinski definition) is 0. The van der Waals surface area contributed by atoms with E-state index in [0.717, 1.165) is 29.9 Å². The topological polar surface area (TPSA) is 3.24 Å². The second kappa shape index (κ2) is 4.86. The monoisotopic (exact) mass is 275 g/mol. The standard InChI is InChI=1S/C16H15ClFN/c1-11-2-5-15(13(8-11)10-17)19-7-6-12-3-4-14(18)9-16(12)19/h2-5,8-9H,6-7,10H2,1H3. The molecule has 0 aliphatic carbocycles. The van der Waals surface area contributed by atoms with Crippen LogP contribution in [0.15, 0.2) is 36.4 Å². The summed E-state index contributed by atoms with van der Waals surface area (Å²) in [4.78, 5) is 2.16. The second-order valence-electron chi connectivity index (χ2n) is 4.94. The fraction of sp³-hybridized carbons (Fsp3) is 0.250. The molecule has 0 bridgehead atoms. The van der Waals surface area contributed by atoms with Crippen LogP contribution < -0.4 is 4.90 Å². The van der Waals surface area contributed by atoms with Crippen LogP contribution in [-0.4, -0.2) is 6.54 Å². The quantitative estimate of drug-likeness (QED) is 0.726. The minimum atomic E-state index is -0.190. The minimum absolute atomic E-state index is 0.190. The Morgan fingerprint density at radius 1 is 1.16 bits per heavy atom. The van der Waals surface area contributed by atoms with Gasteiger partial charge >= 0.3 is 0 Å². The molecular formula is C16H15ClFN. The Bertz CT molecular complexity index is 624. The Morgan fingerprint density at radius 2 is 2.00 bits per heavy atom. The second-order valence-corrected chi connectivity index (χ2v) is 5.21. The molecule has 0 aromatic heterocycles. The Labute approximate surface area is 117 Å². The van der Waals surface area contributed by atoms with E-state index < -0.39 is 0 Å². The van der Waals surface area contributed by atoms with Gasteiger partial charge < -0.3 is 4.90 Å². The van der Waals surface area contributed by atoms with Gasteiger partial charge in [0.05, 0.1) is 0 Å². The van der Waals surface area contributed by atoms with Crippen LogP contribution in [0.4, 0.5) is 15.8 Å². The number of hydrogen-bond acceptors (Lipinski definition) is 1. The van der Waals surface area contributed by atoms with Crippen molar-refractivity contribution >= 4 is 23.0 Å². The van der Waals surface area contributed by atoms with E-state index in [1.165, 1.54) is 17.2 Å². The van der Waals surface area contributed by atoms with Gasteiger partial charge in [0.1, 0.15) is 5.82 Å². The molecule has 0 saturated heterocycles. The van der Waals surface area contributed by atoms with Gasteiger partial charge in [0.15, 0.2) is 0 Å². The number of nitrogens with zero attached hydrogens (tertiary/aromatic N) is 1. The van der Waals surface area contributed by atoms with Crippen molar-refractivity contribution in [1.82, 2.24) is 0 Å². The zero-order valence-electron chi connectivity index (χ0n) is 10.8. The fourth-order valence-electron chi connectivity index (χ4n) is 2.69. The van der Waals surface area contributed by atoms with Crippen molar-refractivity contribution in [1.29, 1.82) is 0 Å². The molecular weight excluding hydrogens is 261 g/mol. The first-order valence-electron chi connectivity index (χ1n) is 6.40. The average Bonchev–Trinajstić information content (AvgIpc) is 2.81. The minimum Gasteiger partial charge on any atom is -0.341 e. The van der Waals surface area contributed by atoms with Crippen molar-refractivity contribution in [2.45, 2.75) is 19.2 Å². The number of anilines is 2. The molecule has 0 fully saturated rings. The lowest BCUT2D eigenvalue weighted by Crippen LogP contribution is -2.15.